The van der Waals surface area contributed by atoms with Crippen LogP contribution in [0.15, 0.2) is 12.1 Å². The van der Waals surface area contributed by atoms with Gasteiger partial charge >= 0.3 is 0 Å². The molecule has 3 heterocycles. The average Bonchev–Trinajstić information content (AvgIpc) is 3.10. The van der Waals surface area contributed by atoms with Crippen LogP contribution in [0.2, 0.25) is 0 Å². The van der Waals surface area contributed by atoms with Crippen molar-refractivity contribution in [1.82, 2.24) is 4.90 Å². The minimum absolute atomic E-state index is 0.384. The quantitative estimate of drug-likeness (QED) is 0.835. The lowest BCUT2D eigenvalue weighted by molar-refractivity contribution is 0.114. The lowest BCUT2D eigenvalue weighted by atomic mass is 10.1. The van der Waals surface area contributed by atoms with Crippen molar-refractivity contribution < 1.29 is 4.74 Å². The third-order valence-electron chi connectivity index (χ3n) is 4.15. The molecule has 1 unspecified atom stereocenters. The van der Waals surface area contributed by atoms with E-state index in [2.05, 4.69) is 35.8 Å². The first-order valence-electron chi connectivity index (χ1n) is 7.31. The standard InChI is InChI=1S/C15H23NOS2/c1-16(12-6-9-18-10-7-12)11-13-4-5-15(19-13)14-3-2-8-17-14/h4-5,12,14H,2-3,6-11H2,1H3. The lowest BCUT2D eigenvalue weighted by Gasteiger charge is -2.30. The number of ether oxygens (including phenoxy) is 1. The number of thiophene rings is 1. The molecule has 0 aromatic carbocycles. The third-order valence-corrected chi connectivity index (χ3v) is 6.36. The highest BCUT2D eigenvalue weighted by Gasteiger charge is 2.21. The Morgan fingerprint density at radius 2 is 2.11 bits per heavy atom. The summed E-state index contributed by atoms with van der Waals surface area (Å²) < 4.78 is 5.77. The molecule has 0 aliphatic carbocycles. The van der Waals surface area contributed by atoms with Crippen molar-refractivity contribution in [3.63, 3.8) is 0 Å². The molecule has 1 aromatic heterocycles. The maximum atomic E-state index is 5.77. The zero-order valence-electron chi connectivity index (χ0n) is 11.6. The molecule has 4 heteroatoms. The predicted molar refractivity (Wildman–Crippen MR) is 84.1 cm³/mol. The van der Waals surface area contributed by atoms with Crippen LogP contribution in [0.5, 0.6) is 0 Å². The molecule has 1 atom stereocenters. The Hall–Kier alpha value is -0.0300. The molecule has 2 nitrogen and oxygen atoms in total. The molecule has 2 aliphatic heterocycles. The van der Waals surface area contributed by atoms with Crippen molar-refractivity contribution in [3.05, 3.63) is 21.9 Å². The Balaban J connectivity index is 1.56. The van der Waals surface area contributed by atoms with Crippen molar-refractivity contribution >= 4 is 23.1 Å². The maximum Gasteiger partial charge on any atom is 0.0917 e. The van der Waals surface area contributed by atoms with Gasteiger partial charge in [0.1, 0.15) is 0 Å². The van der Waals surface area contributed by atoms with Crippen LogP contribution in [0.3, 0.4) is 0 Å². The van der Waals surface area contributed by atoms with Crippen LogP contribution in [0.4, 0.5) is 0 Å². The molecule has 2 fully saturated rings. The van der Waals surface area contributed by atoms with Gasteiger partial charge in [0.25, 0.3) is 0 Å². The van der Waals surface area contributed by atoms with Crippen molar-refractivity contribution in [2.75, 3.05) is 25.2 Å². The zero-order chi connectivity index (χ0) is 13.1. The molecule has 0 N–H and O–H groups in total. The largest absolute Gasteiger partial charge is 0.373 e. The van der Waals surface area contributed by atoms with E-state index < -0.39 is 0 Å². The molecule has 2 aliphatic rings. The fraction of sp³-hybridized carbons (Fsp3) is 0.733. The Morgan fingerprint density at radius 3 is 2.84 bits per heavy atom. The molecule has 1 aromatic rings. The van der Waals surface area contributed by atoms with Gasteiger partial charge in [0.05, 0.1) is 6.10 Å². The van der Waals surface area contributed by atoms with Gasteiger partial charge in [-0.15, -0.1) is 11.3 Å². The number of thioether (sulfide) groups is 1. The first kappa shape index (κ1) is 13.9. The number of nitrogens with zero attached hydrogens (tertiary/aromatic N) is 1. The van der Waals surface area contributed by atoms with Crippen LogP contribution in [0.1, 0.15) is 41.5 Å². The summed E-state index contributed by atoms with van der Waals surface area (Å²) in [7, 11) is 2.28. The summed E-state index contributed by atoms with van der Waals surface area (Å²) in [6, 6.07) is 5.37. The van der Waals surface area contributed by atoms with Crippen LogP contribution in [-0.2, 0) is 11.3 Å². The molecule has 2 saturated heterocycles. The summed E-state index contributed by atoms with van der Waals surface area (Å²) in [6.07, 6.45) is 5.51. The van der Waals surface area contributed by atoms with Gasteiger partial charge in [-0.1, -0.05) is 0 Å². The molecule has 19 heavy (non-hydrogen) atoms. The van der Waals surface area contributed by atoms with Gasteiger partial charge in [-0.05, 0) is 56.4 Å². The molecule has 3 rings (SSSR count). The fourth-order valence-electron chi connectivity index (χ4n) is 2.96. The van der Waals surface area contributed by atoms with Gasteiger partial charge < -0.3 is 4.74 Å². The van der Waals surface area contributed by atoms with Crippen LogP contribution < -0.4 is 0 Å². The number of hydrogen-bond donors (Lipinski definition) is 0. The van der Waals surface area contributed by atoms with Gasteiger partial charge in [-0.2, -0.15) is 11.8 Å². The third kappa shape index (κ3) is 3.54. The van der Waals surface area contributed by atoms with E-state index in [-0.39, 0.29) is 0 Å². The second kappa shape index (κ2) is 6.61. The normalized spacial score (nSPS) is 25.3. The summed E-state index contributed by atoms with van der Waals surface area (Å²) in [4.78, 5) is 5.47. The zero-order valence-corrected chi connectivity index (χ0v) is 13.3. The molecular formula is C15H23NOS2. The summed E-state index contributed by atoms with van der Waals surface area (Å²) in [6.45, 7) is 2.05. The first-order valence-corrected chi connectivity index (χ1v) is 9.28. The molecule has 0 spiro atoms. The Labute approximate surface area is 124 Å². The number of rotatable bonds is 4. The number of hydrogen-bond acceptors (Lipinski definition) is 4. The van der Waals surface area contributed by atoms with E-state index in [4.69, 9.17) is 4.74 Å². The summed E-state index contributed by atoms with van der Waals surface area (Å²) in [5.74, 6) is 2.67. The minimum Gasteiger partial charge on any atom is -0.373 e. The lowest BCUT2D eigenvalue weighted by Crippen LogP contribution is -2.33. The average molecular weight is 297 g/mol. The van der Waals surface area contributed by atoms with Crippen molar-refractivity contribution in [1.29, 1.82) is 0 Å². The van der Waals surface area contributed by atoms with E-state index in [9.17, 15) is 0 Å². The fourth-order valence-corrected chi connectivity index (χ4v) is 5.20. The topological polar surface area (TPSA) is 12.5 Å². The molecule has 106 valence electrons. The van der Waals surface area contributed by atoms with E-state index in [1.165, 1.54) is 46.9 Å². The van der Waals surface area contributed by atoms with Gasteiger partial charge in [-0.3, -0.25) is 4.90 Å². The molecule has 0 radical (unpaired) electrons. The highest BCUT2D eigenvalue weighted by atomic mass is 32.2. The van der Waals surface area contributed by atoms with Crippen LogP contribution in [0, 0.1) is 0 Å². The van der Waals surface area contributed by atoms with E-state index in [1.54, 1.807) is 0 Å². The Kier molecular flexibility index (Phi) is 4.85. The van der Waals surface area contributed by atoms with E-state index in [0.717, 1.165) is 19.2 Å². The van der Waals surface area contributed by atoms with Crippen LogP contribution >= 0.6 is 23.1 Å². The Morgan fingerprint density at radius 1 is 1.26 bits per heavy atom. The molecule has 0 saturated carbocycles. The molecule has 0 bridgehead atoms. The smallest absolute Gasteiger partial charge is 0.0917 e. The Bertz CT molecular complexity index is 395. The monoisotopic (exact) mass is 297 g/mol. The van der Waals surface area contributed by atoms with E-state index in [1.807, 2.05) is 11.3 Å². The second-order valence-corrected chi connectivity index (χ2v) is 7.99. The molecule has 0 amide bonds. The summed E-state index contributed by atoms with van der Waals surface area (Å²) in [5, 5.41) is 0. The minimum atomic E-state index is 0.384. The summed E-state index contributed by atoms with van der Waals surface area (Å²) in [5.41, 5.74) is 0. The van der Waals surface area contributed by atoms with Crippen molar-refractivity contribution in [2.24, 2.45) is 0 Å². The highest BCUT2D eigenvalue weighted by molar-refractivity contribution is 7.99. The maximum absolute atomic E-state index is 5.77. The van der Waals surface area contributed by atoms with E-state index in [0.29, 0.717) is 6.10 Å². The first-order chi connectivity index (χ1) is 9.33. The van der Waals surface area contributed by atoms with E-state index >= 15 is 0 Å². The van der Waals surface area contributed by atoms with Crippen molar-refractivity contribution in [2.45, 2.75) is 44.4 Å². The van der Waals surface area contributed by atoms with Crippen molar-refractivity contribution in [3.8, 4) is 0 Å². The van der Waals surface area contributed by atoms with Gasteiger partial charge in [0.2, 0.25) is 0 Å². The second-order valence-electron chi connectivity index (χ2n) is 5.56. The van der Waals surface area contributed by atoms with Crippen LogP contribution in [0.25, 0.3) is 0 Å². The van der Waals surface area contributed by atoms with Gasteiger partial charge in [0, 0.05) is 28.9 Å². The van der Waals surface area contributed by atoms with Crippen LogP contribution in [-0.4, -0.2) is 36.1 Å². The van der Waals surface area contributed by atoms with Gasteiger partial charge in [-0.25, -0.2) is 0 Å². The van der Waals surface area contributed by atoms with Gasteiger partial charge in [0.15, 0.2) is 0 Å². The highest BCUT2D eigenvalue weighted by Crippen LogP contribution is 2.34. The predicted octanol–water partition coefficient (Wildman–Crippen LogP) is 3.93. The summed E-state index contributed by atoms with van der Waals surface area (Å²) >= 11 is 4.05. The molecular weight excluding hydrogens is 274 g/mol. The SMILES string of the molecule is CN(Cc1ccc(C2CCCO2)s1)C1CCSCC1.